The SMILES string of the molecule is O=C(O)N1CC2(CCC(CBr)CC2)C1. The molecule has 0 bridgehead atoms. The standard InChI is InChI=1S/C10H16BrNO2/c11-5-8-1-3-10(4-2-8)6-12(7-10)9(13)14/h8H,1-7H2,(H,13,14). The molecular formula is C10H16BrNO2. The Kier molecular flexibility index (Phi) is 2.73. The third kappa shape index (κ3) is 1.76. The van der Waals surface area contributed by atoms with Gasteiger partial charge in [0.25, 0.3) is 0 Å². The lowest BCUT2D eigenvalue weighted by molar-refractivity contribution is -0.0229. The van der Waals surface area contributed by atoms with Gasteiger partial charge in [0.2, 0.25) is 0 Å². The number of likely N-dealkylation sites (tertiary alicyclic amines) is 1. The molecule has 0 atom stereocenters. The maximum absolute atomic E-state index is 10.6. The third-order valence-corrected chi connectivity index (χ3v) is 4.62. The Balaban J connectivity index is 1.82. The van der Waals surface area contributed by atoms with Crippen molar-refractivity contribution < 1.29 is 9.90 Å². The van der Waals surface area contributed by atoms with E-state index in [0.717, 1.165) is 24.3 Å². The molecule has 1 N–H and O–H groups in total. The van der Waals surface area contributed by atoms with Crippen molar-refractivity contribution in [3.05, 3.63) is 0 Å². The van der Waals surface area contributed by atoms with Gasteiger partial charge in [-0.15, -0.1) is 0 Å². The maximum Gasteiger partial charge on any atom is 0.407 e. The summed E-state index contributed by atoms with van der Waals surface area (Å²) in [5.41, 5.74) is 0.358. The van der Waals surface area contributed by atoms with Crippen LogP contribution in [-0.2, 0) is 0 Å². The normalized spacial score (nSPS) is 26.2. The average molecular weight is 262 g/mol. The molecule has 1 saturated carbocycles. The van der Waals surface area contributed by atoms with Gasteiger partial charge in [0.1, 0.15) is 0 Å². The summed E-state index contributed by atoms with van der Waals surface area (Å²) in [6.07, 6.45) is 4.20. The Bertz CT molecular complexity index is 228. The van der Waals surface area contributed by atoms with E-state index in [0.29, 0.717) is 5.41 Å². The summed E-state index contributed by atoms with van der Waals surface area (Å²) < 4.78 is 0. The molecule has 3 nitrogen and oxygen atoms in total. The molecule has 2 aliphatic rings. The molecule has 14 heavy (non-hydrogen) atoms. The van der Waals surface area contributed by atoms with Gasteiger partial charge in [0.15, 0.2) is 0 Å². The lowest BCUT2D eigenvalue weighted by Crippen LogP contribution is -2.59. The molecule has 0 aromatic heterocycles. The van der Waals surface area contributed by atoms with Gasteiger partial charge in [-0.3, -0.25) is 0 Å². The van der Waals surface area contributed by atoms with Crippen molar-refractivity contribution in [1.29, 1.82) is 0 Å². The van der Waals surface area contributed by atoms with Crippen molar-refractivity contribution >= 4 is 22.0 Å². The highest BCUT2D eigenvalue weighted by molar-refractivity contribution is 9.09. The fourth-order valence-electron chi connectivity index (χ4n) is 2.66. The number of halogens is 1. The zero-order chi connectivity index (χ0) is 10.2. The molecule has 80 valence electrons. The van der Waals surface area contributed by atoms with E-state index in [1.807, 2.05) is 0 Å². The van der Waals surface area contributed by atoms with E-state index in [4.69, 9.17) is 5.11 Å². The predicted molar refractivity (Wildman–Crippen MR) is 57.8 cm³/mol. The van der Waals surface area contributed by atoms with Crippen molar-refractivity contribution in [3.8, 4) is 0 Å². The monoisotopic (exact) mass is 261 g/mol. The Morgan fingerprint density at radius 3 is 2.43 bits per heavy atom. The summed E-state index contributed by atoms with van der Waals surface area (Å²) >= 11 is 3.52. The van der Waals surface area contributed by atoms with Crippen molar-refractivity contribution in [2.24, 2.45) is 11.3 Å². The summed E-state index contributed by atoms with van der Waals surface area (Å²) in [4.78, 5) is 12.2. The van der Waals surface area contributed by atoms with Crippen LogP contribution in [0.25, 0.3) is 0 Å². The van der Waals surface area contributed by atoms with Crippen molar-refractivity contribution in [2.45, 2.75) is 25.7 Å². The van der Waals surface area contributed by atoms with E-state index >= 15 is 0 Å². The lowest BCUT2D eigenvalue weighted by Gasteiger charge is -2.52. The second-order valence-electron chi connectivity index (χ2n) is 4.74. The first kappa shape index (κ1) is 10.3. The first-order valence-corrected chi connectivity index (χ1v) is 6.31. The summed E-state index contributed by atoms with van der Waals surface area (Å²) in [6, 6.07) is 0. The molecule has 4 heteroatoms. The number of amides is 1. The van der Waals surface area contributed by atoms with Gasteiger partial charge in [-0.25, -0.2) is 4.79 Å². The van der Waals surface area contributed by atoms with Gasteiger partial charge >= 0.3 is 6.09 Å². The van der Waals surface area contributed by atoms with Crippen LogP contribution in [0.1, 0.15) is 25.7 Å². The number of alkyl halides is 1. The molecule has 0 aromatic rings. The summed E-state index contributed by atoms with van der Waals surface area (Å²) in [5.74, 6) is 0.819. The van der Waals surface area contributed by atoms with Gasteiger partial charge < -0.3 is 10.0 Å². The first-order chi connectivity index (χ1) is 6.65. The van der Waals surface area contributed by atoms with Crippen LogP contribution < -0.4 is 0 Å². The van der Waals surface area contributed by atoms with E-state index < -0.39 is 6.09 Å². The molecule has 1 heterocycles. The zero-order valence-electron chi connectivity index (χ0n) is 8.21. The minimum atomic E-state index is -0.752. The molecule has 2 fully saturated rings. The molecule has 1 amide bonds. The van der Waals surface area contributed by atoms with Gasteiger partial charge in [0.05, 0.1) is 0 Å². The number of carbonyl (C=O) groups is 1. The van der Waals surface area contributed by atoms with Crippen LogP contribution in [-0.4, -0.2) is 34.5 Å². The summed E-state index contributed by atoms with van der Waals surface area (Å²) in [5, 5.41) is 9.87. The highest BCUT2D eigenvalue weighted by Crippen LogP contribution is 2.45. The molecule has 0 radical (unpaired) electrons. The molecule has 1 aliphatic carbocycles. The van der Waals surface area contributed by atoms with Crippen molar-refractivity contribution in [3.63, 3.8) is 0 Å². The molecule has 1 aliphatic heterocycles. The quantitative estimate of drug-likeness (QED) is 0.738. The van der Waals surface area contributed by atoms with E-state index in [1.165, 1.54) is 30.6 Å². The van der Waals surface area contributed by atoms with Crippen LogP contribution in [0.4, 0.5) is 4.79 Å². The number of hydrogen-bond donors (Lipinski definition) is 1. The molecule has 1 saturated heterocycles. The van der Waals surface area contributed by atoms with Crippen LogP contribution in [0.2, 0.25) is 0 Å². The second-order valence-corrected chi connectivity index (χ2v) is 5.38. The summed E-state index contributed by atoms with van der Waals surface area (Å²) in [6.45, 7) is 1.55. The smallest absolute Gasteiger partial charge is 0.407 e. The van der Waals surface area contributed by atoms with Gasteiger partial charge in [-0.2, -0.15) is 0 Å². The Hall–Kier alpha value is -0.250. The van der Waals surface area contributed by atoms with Crippen LogP contribution in [0.15, 0.2) is 0 Å². The molecule has 1 spiro atoms. The minimum Gasteiger partial charge on any atom is -0.465 e. The molecule has 0 unspecified atom stereocenters. The minimum absolute atomic E-state index is 0.358. The van der Waals surface area contributed by atoms with Gasteiger partial charge in [-0.1, -0.05) is 15.9 Å². The topological polar surface area (TPSA) is 40.5 Å². The number of rotatable bonds is 1. The first-order valence-electron chi connectivity index (χ1n) is 5.19. The molecule has 2 rings (SSSR count). The predicted octanol–water partition coefficient (Wildman–Crippen LogP) is 2.55. The van der Waals surface area contributed by atoms with Crippen molar-refractivity contribution in [1.82, 2.24) is 4.90 Å². The molecule has 0 aromatic carbocycles. The van der Waals surface area contributed by atoms with Crippen LogP contribution >= 0.6 is 15.9 Å². The van der Waals surface area contributed by atoms with E-state index in [-0.39, 0.29) is 0 Å². The fraction of sp³-hybridized carbons (Fsp3) is 0.900. The van der Waals surface area contributed by atoms with Crippen LogP contribution in [0, 0.1) is 11.3 Å². The Morgan fingerprint density at radius 1 is 1.43 bits per heavy atom. The average Bonchev–Trinajstić information content (AvgIpc) is 2.14. The van der Waals surface area contributed by atoms with Crippen LogP contribution in [0.3, 0.4) is 0 Å². The Labute approximate surface area is 92.6 Å². The zero-order valence-corrected chi connectivity index (χ0v) is 9.79. The van der Waals surface area contributed by atoms with Crippen LogP contribution in [0.5, 0.6) is 0 Å². The fourth-order valence-corrected chi connectivity index (χ4v) is 3.31. The highest BCUT2D eigenvalue weighted by atomic mass is 79.9. The van der Waals surface area contributed by atoms with Crippen molar-refractivity contribution in [2.75, 3.05) is 18.4 Å². The number of carboxylic acid groups (broad SMARTS) is 1. The Morgan fingerprint density at radius 2 is 2.00 bits per heavy atom. The maximum atomic E-state index is 10.6. The lowest BCUT2D eigenvalue weighted by atomic mass is 9.66. The van der Waals surface area contributed by atoms with E-state index in [1.54, 1.807) is 0 Å². The van der Waals surface area contributed by atoms with Gasteiger partial charge in [0, 0.05) is 23.8 Å². The number of nitrogens with zero attached hydrogens (tertiary/aromatic N) is 1. The molecular weight excluding hydrogens is 246 g/mol. The highest BCUT2D eigenvalue weighted by Gasteiger charge is 2.46. The van der Waals surface area contributed by atoms with E-state index in [9.17, 15) is 4.79 Å². The largest absolute Gasteiger partial charge is 0.465 e. The van der Waals surface area contributed by atoms with Gasteiger partial charge in [-0.05, 0) is 31.6 Å². The van der Waals surface area contributed by atoms with E-state index in [2.05, 4.69) is 15.9 Å². The third-order valence-electron chi connectivity index (χ3n) is 3.71. The second kappa shape index (κ2) is 3.72. The number of hydrogen-bond acceptors (Lipinski definition) is 1. The summed E-state index contributed by atoms with van der Waals surface area (Å²) in [7, 11) is 0.